The van der Waals surface area contributed by atoms with Crippen molar-refractivity contribution in [3.05, 3.63) is 119 Å². The second kappa shape index (κ2) is 13.5. The third kappa shape index (κ3) is 5.99. The lowest BCUT2D eigenvalue weighted by Crippen LogP contribution is -2.37. The molecule has 0 saturated carbocycles. The van der Waals surface area contributed by atoms with Crippen LogP contribution in [0.4, 0.5) is 5.69 Å². The van der Waals surface area contributed by atoms with E-state index in [9.17, 15) is 0 Å². The van der Waals surface area contributed by atoms with E-state index in [4.69, 9.17) is 18.9 Å². The number of hydrogen-bond acceptors (Lipinski definition) is 6. The van der Waals surface area contributed by atoms with Gasteiger partial charge >= 0.3 is 0 Å². The van der Waals surface area contributed by atoms with Crippen LogP contribution in [-0.4, -0.2) is 38.3 Å². The van der Waals surface area contributed by atoms with E-state index < -0.39 is 5.60 Å². The number of methoxy groups -OCH3 is 1. The Morgan fingerprint density at radius 1 is 0.792 bits per heavy atom. The summed E-state index contributed by atoms with van der Waals surface area (Å²) in [5.41, 5.74) is 9.12. The maximum absolute atomic E-state index is 7.64. The van der Waals surface area contributed by atoms with Crippen molar-refractivity contribution < 1.29 is 18.9 Å². The van der Waals surface area contributed by atoms with Gasteiger partial charge in [0.2, 0.25) is 0 Å². The Balaban J connectivity index is 1.25. The summed E-state index contributed by atoms with van der Waals surface area (Å²) >= 11 is 1.93. The standard InChI is InChI=1S/C47H49NO4S/c1-30(2)28-46(29-31(3)4)51-42-26-41-40(27-43(42)53-46)44-37-9-7-6-8-32(37)10-19-38(44)39-20-21-47(52-45(39)41,34-13-17-36(49-5)18-14-34)33-11-15-35(16-12-33)48-22-24-50-25-23-48/h6-9,11-18,20-21,26-27,30-31H,10,19,22-25,28-29H2,1-5H3. The number of anilines is 1. The van der Waals surface area contributed by atoms with Crippen LogP contribution < -0.4 is 19.1 Å². The minimum absolute atomic E-state index is 0.282. The van der Waals surface area contributed by atoms with Gasteiger partial charge in [0.1, 0.15) is 17.2 Å². The molecule has 53 heavy (non-hydrogen) atoms. The number of ether oxygens (including phenoxy) is 4. The van der Waals surface area contributed by atoms with Crippen LogP contribution in [0, 0.1) is 11.8 Å². The van der Waals surface area contributed by atoms with Crippen molar-refractivity contribution in [2.24, 2.45) is 11.8 Å². The number of morpholine rings is 1. The van der Waals surface area contributed by atoms with E-state index in [2.05, 4.69) is 118 Å². The molecule has 1 aliphatic carbocycles. The first kappa shape index (κ1) is 34.4. The predicted octanol–water partition coefficient (Wildman–Crippen LogP) is 11.1. The van der Waals surface area contributed by atoms with Crippen LogP contribution in [0.15, 0.2) is 95.9 Å². The second-order valence-electron chi connectivity index (χ2n) is 16.0. The molecule has 5 nitrogen and oxygen atoms in total. The normalized spacial score (nSPS) is 19.7. The third-order valence-corrected chi connectivity index (χ3v) is 12.7. The van der Waals surface area contributed by atoms with Gasteiger partial charge in [0.25, 0.3) is 0 Å². The van der Waals surface area contributed by atoms with Crippen molar-refractivity contribution in [2.45, 2.75) is 68.8 Å². The molecule has 4 aliphatic rings. The molecule has 5 aromatic carbocycles. The maximum atomic E-state index is 7.64. The van der Waals surface area contributed by atoms with Gasteiger partial charge in [-0.25, -0.2) is 0 Å². The van der Waals surface area contributed by atoms with Gasteiger partial charge in [0, 0.05) is 40.9 Å². The molecule has 0 amide bonds. The Morgan fingerprint density at radius 2 is 1.49 bits per heavy atom. The van der Waals surface area contributed by atoms with Crippen molar-refractivity contribution in [1.82, 2.24) is 0 Å². The van der Waals surface area contributed by atoms with Gasteiger partial charge in [-0.05, 0) is 108 Å². The summed E-state index contributed by atoms with van der Waals surface area (Å²) in [6, 6.07) is 31.0. The van der Waals surface area contributed by atoms with Crippen molar-refractivity contribution >= 4 is 34.3 Å². The van der Waals surface area contributed by atoms with Gasteiger partial charge in [0.15, 0.2) is 10.5 Å². The lowest BCUT2D eigenvalue weighted by molar-refractivity contribution is 0.122. The summed E-state index contributed by atoms with van der Waals surface area (Å²) < 4.78 is 26.0. The molecule has 0 spiro atoms. The van der Waals surface area contributed by atoms with Gasteiger partial charge < -0.3 is 23.8 Å². The van der Waals surface area contributed by atoms with Crippen molar-refractivity contribution in [3.8, 4) is 28.4 Å². The zero-order valence-corrected chi connectivity index (χ0v) is 32.4. The summed E-state index contributed by atoms with van der Waals surface area (Å²) in [4.78, 5) is 3.35. The number of rotatable bonds is 8. The van der Waals surface area contributed by atoms with Crippen LogP contribution in [0.25, 0.3) is 28.0 Å². The molecule has 1 saturated heterocycles. The fraction of sp³-hybridized carbons (Fsp3) is 0.362. The summed E-state index contributed by atoms with van der Waals surface area (Å²) in [5.74, 6) is 3.76. The highest BCUT2D eigenvalue weighted by atomic mass is 32.2. The van der Waals surface area contributed by atoms with Crippen molar-refractivity contribution in [2.75, 3.05) is 38.3 Å². The van der Waals surface area contributed by atoms with Crippen LogP contribution in [-0.2, 0) is 23.2 Å². The predicted molar refractivity (Wildman–Crippen MR) is 218 cm³/mol. The van der Waals surface area contributed by atoms with Gasteiger partial charge in [0.05, 0.1) is 25.2 Å². The summed E-state index contributed by atoms with van der Waals surface area (Å²) in [6.07, 6.45) is 8.60. The maximum Gasteiger partial charge on any atom is 0.178 e. The van der Waals surface area contributed by atoms with E-state index in [1.165, 1.54) is 43.8 Å². The number of thioether (sulfide) groups is 1. The Labute approximate surface area is 318 Å². The number of aryl methyl sites for hydroxylation is 1. The van der Waals surface area contributed by atoms with E-state index in [-0.39, 0.29) is 4.93 Å². The largest absolute Gasteiger partial charge is 0.497 e. The zero-order valence-electron chi connectivity index (χ0n) is 31.5. The molecule has 1 fully saturated rings. The average Bonchev–Trinajstić information content (AvgIpc) is 3.52. The van der Waals surface area contributed by atoms with Crippen LogP contribution in [0.5, 0.6) is 17.2 Å². The molecule has 5 aromatic rings. The highest BCUT2D eigenvalue weighted by molar-refractivity contribution is 8.00. The van der Waals surface area contributed by atoms with Crippen LogP contribution >= 0.6 is 11.8 Å². The molecular formula is C47H49NO4S. The monoisotopic (exact) mass is 723 g/mol. The smallest absolute Gasteiger partial charge is 0.178 e. The minimum Gasteiger partial charge on any atom is -0.497 e. The highest BCUT2D eigenvalue weighted by Gasteiger charge is 2.44. The molecule has 1 atom stereocenters. The number of fused-ring (bicyclic) bond motifs is 9. The number of hydrogen-bond donors (Lipinski definition) is 0. The van der Waals surface area contributed by atoms with E-state index >= 15 is 0 Å². The molecule has 1 unspecified atom stereocenters. The SMILES string of the molecule is COc1ccc(C2(c3ccc(N4CCOCC4)cc3)C=Cc3c4c(c5cc6c(cc5c3O2)OC(CC(C)C)(CC(C)C)S6)-c2ccccc2CC4)cc1. The molecule has 3 aliphatic heterocycles. The molecule has 0 N–H and O–H groups in total. The Hall–Kier alpha value is -4.39. The molecule has 0 aromatic heterocycles. The van der Waals surface area contributed by atoms with E-state index in [0.717, 1.165) is 85.7 Å². The number of nitrogens with zero attached hydrogens (tertiary/aromatic N) is 1. The third-order valence-electron chi connectivity index (χ3n) is 11.4. The summed E-state index contributed by atoms with van der Waals surface area (Å²) in [5, 5.41) is 2.35. The van der Waals surface area contributed by atoms with E-state index in [1.54, 1.807) is 7.11 Å². The molecule has 0 radical (unpaired) electrons. The molecule has 6 heteroatoms. The molecular weight excluding hydrogens is 675 g/mol. The van der Waals surface area contributed by atoms with Crippen molar-refractivity contribution in [1.29, 1.82) is 0 Å². The summed E-state index contributed by atoms with van der Waals surface area (Å²) in [6.45, 7) is 12.5. The molecule has 3 heterocycles. The lowest BCUT2D eigenvalue weighted by Gasteiger charge is -2.39. The van der Waals surface area contributed by atoms with Crippen LogP contribution in [0.2, 0.25) is 0 Å². The molecule has 0 bridgehead atoms. The first-order valence-corrected chi connectivity index (χ1v) is 20.2. The number of benzene rings is 5. The summed E-state index contributed by atoms with van der Waals surface area (Å²) in [7, 11) is 1.71. The minimum atomic E-state index is -0.857. The quantitative estimate of drug-likeness (QED) is 0.159. The molecule has 272 valence electrons. The Bertz CT molecular complexity index is 2190. The molecule has 9 rings (SSSR count). The zero-order chi connectivity index (χ0) is 36.3. The van der Waals surface area contributed by atoms with Gasteiger partial charge in [-0.3, -0.25) is 0 Å². The van der Waals surface area contributed by atoms with Gasteiger partial charge in [-0.15, -0.1) is 0 Å². The lowest BCUT2D eigenvalue weighted by atomic mass is 9.77. The van der Waals surface area contributed by atoms with Crippen LogP contribution in [0.1, 0.15) is 68.4 Å². The van der Waals surface area contributed by atoms with E-state index in [0.29, 0.717) is 11.8 Å². The first-order chi connectivity index (χ1) is 25.8. The van der Waals surface area contributed by atoms with E-state index in [1.807, 2.05) is 23.9 Å². The van der Waals surface area contributed by atoms with Crippen LogP contribution in [0.3, 0.4) is 0 Å². The fourth-order valence-corrected chi connectivity index (χ4v) is 10.9. The van der Waals surface area contributed by atoms with Crippen molar-refractivity contribution in [3.63, 3.8) is 0 Å². The average molecular weight is 724 g/mol. The van der Waals surface area contributed by atoms with Gasteiger partial charge in [-0.1, -0.05) is 94.1 Å². The fourth-order valence-electron chi connectivity index (χ4n) is 9.16. The topological polar surface area (TPSA) is 40.2 Å². The second-order valence-corrected chi connectivity index (χ2v) is 17.3. The first-order valence-electron chi connectivity index (χ1n) is 19.3. The Morgan fingerprint density at radius 3 is 2.19 bits per heavy atom. The van der Waals surface area contributed by atoms with Gasteiger partial charge in [-0.2, -0.15) is 0 Å². The highest BCUT2D eigenvalue weighted by Crippen LogP contribution is 2.58. The Kier molecular flexibility index (Phi) is 8.74.